The third-order valence-corrected chi connectivity index (χ3v) is 2.50. The Morgan fingerprint density at radius 3 is 2.68 bits per heavy atom. The minimum absolute atomic E-state index is 0.287. The van der Waals surface area contributed by atoms with Crippen LogP contribution in [0.4, 0.5) is 5.82 Å². The Kier molecular flexibility index (Phi) is 5.69. The van der Waals surface area contributed by atoms with Crippen LogP contribution >= 0.6 is 0 Å². The lowest BCUT2D eigenvalue weighted by molar-refractivity contribution is -0.138. The first-order valence-corrected chi connectivity index (χ1v) is 6.25. The summed E-state index contributed by atoms with van der Waals surface area (Å²) in [4.78, 5) is 19.7. The summed E-state index contributed by atoms with van der Waals surface area (Å²) in [6, 6.07) is 1.08. The van der Waals surface area contributed by atoms with Gasteiger partial charge in [0.05, 0.1) is 0 Å². The van der Waals surface area contributed by atoms with Gasteiger partial charge in [-0.25, -0.2) is 14.8 Å². The number of aryl methyl sites for hydroxylation is 1. The van der Waals surface area contributed by atoms with Gasteiger partial charge in [-0.1, -0.05) is 13.8 Å². The molecule has 0 spiro atoms. The fraction of sp³-hybridized carbons (Fsp3) is 0.615. The molecule has 0 saturated carbocycles. The van der Waals surface area contributed by atoms with Crippen LogP contribution in [0, 0.1) is 12.8 Å². The van der Waals surface area contributed by atoms with Crippen LogP contribution in [0.2, 0.25) is 0 Å². The Morgan fingerprint density at radius 2 is 2.16 bits per heavy atom. The first kappa shape index (κ1) is 15.4. The van der Waals surface area contributed by atoms with E-state index in [2.05, 4.69) is 15.3 Å². The molecule has 1 rings (SSSR count). The first-order chi connectivity index (χ1) is 8.92. The van der Waals surface area contributed by atoms with E-state index in [0.29, 0.717) is 24.7 Å². The van der Waals surface area contributed by atoms with Gasteiger partial charge in [-0.15, -0.1) is 0 Å². The Labute approximate surface area is 113 Å². The molecule has 106 valence electrons. The highest BCUT2D eigenvalue weighted by atomic mass is 16.5. The van der Waals surface area contributed by atoms with Gasteiger partial charge in [-0.2, -0.15) is 0 Å². The molecule has 2 N–H and O–H groups in total. The van der Waals surface area contributed by atoms with Gasteiger partial charge in [0.15, 0.2) is 5.82 Å². The molecule has 0 aliphatic carbocycles. The molecule has 0 fully saturated rings. The van der Waals surface area contributed by atoms with Crippen LogP contribution in [0.3, 0.4) is 0 Å². The zero-order chi connectivity index (χ0) is 14.4. The number of carboxylic acids is 1. The average Bonchev–Trinajstić information content (AvgIpc) is 2.27. The second-order valence-electron chi connectivity index (χ2n) is 4.91. The monoisotopic (exact) mass is 267 g/mol. The Bertz CT molecular complexity index is 435. The maximum absolute atomic E-state index is 11.2. The summed E-state index contributed by atoms with van der Waals surface area (Å²) >= 11 is 0. The lowest BCUT2D eigenvalue weighted by Crippen LogP contribution is -2.31. The second-order valence-corrected chi connectivity index (χ2v) is 4.91. The fourth-order valence-electron chi connectivity index (χ4n) is 1.77. The summed E-state index contributed by atoms with van der Waals surface area (Å²) in [5, 5.41) is 12.1. The molecule has 0 aliphatic rings. The number of anilines is 1. The van der Waals surface area contributed by atoms with E-state index < -0.39 is 12.0 Å². The summed E-state index contributed by atoms with van der Waals surface area (Å²) in [6.07, 6.45) is 0.540. The third kappa shape index (κ3) is 5.21. The van der Waals surface area contributed by atoms with Crippen molar-refractivity contribution in [2.45, 2.75) is 39.8 Å². The molecule has 6 heteroatoms. The smallest absolute Gasteiger partial charge is 0.326 e. The van der Waals surface area contributed by atoms with E-state index in [1.165, 1.54) is 0 Å². The zero-order valence-corrected chi connectivity index (χ0v) is 11.8. The van der Waals surface area contributed by atoms with Crippen LogP contribution in [0.1, 0.15) is 31.8 Å². The average molecular weight is 267 g/mol. The molecular formula is C13H21N3O3. The lowest BCUT2D eigenvalue weighted by Gasteiger charge is -2.17. The van der Waals surface area contributed by atoms with E-state index in [9.17, 15) is 9.90 Å². The van der Waals surface area contributed by atoms with Crippen molar-refractivity contribution >= 4 is 11.8 Å². The summed E-state index contributed by atoms with van der Waals surface area (Å²) in [5.74, 6) is 0.472. The maximum atomic E-state index is 11.2. The van der Waals surface area contributed by atoms with Crippen molar-refractivity contribution in [1.29, 1.82) is 0 Å². The summed E-state index contributed by atoms with van der Waals surface area (Å²) in [6.45, 7) is 6.11. The number of rotatable bonds is 7. The quantitative estimate of drug-likeness (QED) is 0.784. The van der Waals surface area contributed by atoms with Crippen LogP contribution in [-0.2, 0) is 16.1 Å². The van der Waals surface area contributed by atoms with Crippen LogP contribution in [0.25, 0.3) is 0 Å². The summed E-state index contributed by atoms with van der Waals surface area (Å²) in [5.41, 5.74) is 0.776. The SMILES string of the molecule is COCc1nc(C)cc(NC(CC(C)C)C(=O)O)n1. The molecule has 1 unspecified atom stereocenters. The maximum Gasteiger partial charge on any atom is 0.326 e. The van der Waals surface area contributed by atoms with Crippen molar-refractivity contribution in [3.05, 3.63) is 17.6 Å². The number of nitrogens with zero attached hydrogens (tertiary/aromatic N) is 2. The highest BCUT2D eigenvalue weighted by molar-refractivity contribution is 5.76. The van der Waals surface area contributed by atoms with E-state index in [1.54, 1.807) is 13.2 Å². The normalized spacial score (nSPS) is 12.5. The van der Waals surface area contributed by atoms with Gasteiger partial charge in [0.25, 0.3) is 0 Å². The Morgan fingerprint density at radius 1 is 1.47 bits per heavy atom. The third-order valence-electron chi connectivity index (χ3n) is 2.50. The minimum Gasteiger partial charge on any atom is -0.480 e. The standard InChI is InChI=1S/C13H21N3O3/c1-8(2)5-10(13(17)18)15-11-6-9(3)14-12(16-11)7-19-4/h6,8,10H,5,7H2,1-4H3,(H,17,18)(H,14,15,16). The second kappa shape index (κ2) is 7.04. The molecule has 0 bridgehead atoms. The highest BCUT2D eigenvalue weighted by Gasteiger charge is 2.19. The predicted octanol–water partition coefficient (Wildman–Crippen LogP) is 1.84. The highest BCUT2D eigenvalue weighted by Crippen LogP contribution is 2.13. The number of carbonyl (C=O) groups is 1. The number of hydrogen-bond acceptors (Lipinski definition) is 5. The molecule has 19 heavy (non-hydrogen) atoms. The van der Waals surface area contributed by atoms with Crippen molar-refractivity contribution in [1.82, 2.24) is 9.97 Å². The van der Waals surface area contributed by atoms with Crippen molar-refractivity contribution < 1.29 is 14.6 Å². The molecular weight excluding hydrogens is 246 g/mol. The van der Waals surface area contributed by atoms with Crippen molar-refractivity contribution in [3.8, 4) is 0 Å². The van der Waals surface area contributed by atoms with E-state index >= 15 is 0 Å². The Balaban J connectivity index is 2.86. The van der Waals surface area contributed by atoms with E-state index in [1.807, 2.05) is 20.8 Å². The Hall–Kier alpha value is -1.69. The van der Waals surface area contributed by atoms with Gasteiger partial charge in [-0.05, 0) is 19.3 Å². The molecule has 1 heterocycles. The van der Waals surface area contributed by atoms with E-state index in [-0.39, 0.29) is 5.92 Å². The zero-order valence-electron chi connectivity index (χ0n) is 11.8. The fourth-order valence-corrected chi connectivity index (χ4v) is 1.77. The molecule has 6 nitrogen and oxygen atoms in total. The van der Waals surface area contributed by atoms with Crippen molar-refractivity contribution in [3.63, 3.8) is 0 Å². The number of nitrogens with one attached hydrogen (secondary N) is 1. The predicted molar refractivity (Wildman–Crippen MR) is 72.0 cm³/mol. The minimum atomic E-state index is -0.877. The topological polar surface area (TPSA) is 84.3 Å². The number of hydrogen-bond donors (Lipinski definition) is 2. The van der Waals surface area contributed by atoms with Gasteiger partial charge < -0.3 is 15.2 Å². The summed E-state index contributed by atoms with van der Waals surface area (Å²) < 4.78 is 4.99. The molecule has 1 aromatic rings. The largest absolute Gasteiger partial charge is 0.480 e. The number of methoxy groups -OCH3 is 1. The van der Waals surface area contributed by atoms with Crippen molar-refractivity contribution in [2.24, 2.45) is 5.92 Å². The number of ether oxygens (including phenoxy) is 1. The molecule has 0 radical (unpaired) electrons. The van der Waals surface area contributed by atoms with Gasteiger partial charge in [0.1, 0.15) is 18.5 Å². The molecule has 0 amide bonds. The molecule has 1 aromatic heterocycles. The van der Waals surface area contributed by atoms with Gasteiger partial charge in [0.2, 0.25) is 0 Å². The van der Waals surface area contributed by atoms with E-state index in [0.717, 1.165) is 5.69 Å². The summed E-state index contributed by atoms with van der Waals surface area (Å²) in [7, 11) is 1.57. The lowest BCUT2D eigenvalue weighted by atomic mass is 10.0. The van der Waals surface area contributed by atoms with Gasteiger partial charge in [0, 0.05) is 18.9 Å². The van der Waals surface area contributed by atoms with Crippen LogP contribution in [0.15, 0.2) is 6.07 Å². The molecule has 0 aromatic carbocycles. The number of aromatic nitrogens is 2. The first-order valence-electron chi connectivity index (χ1n) is 6.25. The van der Waals surface area contributed by atoms with Crippen molar-refractivity contribution in [2.75, 3.05) is 12.4 Å². The molecule has 1 atom stereocenters. The van der Waals surface area contributed by atoms with Crippen LogP contribution < -0.4 is 5.32 Å². The molecule has 0 aliphatic heterocycles. The number of aliphatic carboxylic acids is 1. The number of carboxylic acid groups (broad SMARTS) is 1. The van der Waals surface area contributed by atoms with Gasteiger partial charge >= 0.3 is 5.97 Å². The van der Waals surface area contributed by atoms with E-state index in [4.69, 9.17) is 4.74 Å². The van der Waals surface area contributed by atoms with Crippen LogP contribution in [0.5, 0.6) is 0 Å². The van der Waals surface area contributed by atoms with Gasteiger partial charge in [-0.3, -0.25) is 0 Å². The van der Waals surface area contributed by atoms with Crippen LogP contribution in [-0.4, -0.2) is 34.2 Å². The molecule has 0 saturated heterocycles.